The van der Waals surface area contributed by atoms with Crippen molar-refractivity contribution in [2.75, 3.05) is 9.80 Å². The molecule has 2 heteroatoms. The third-order valence-corrected chi connectivity index (χ3v) is 8.53. The second kappa shape index (κ2) is 12.1. The minimum atomic E-state index is 1.05. The first kappa shape index (κ1) is 27.4. The molecular weight excluding hydrogens is 556 g/mol. The van der Waals surface area contributed by atoms with Crippen LogP contribution in [0.4, 0.5) is 34.1 Å². The Kier molecular flexibility index (Phi) is 7.22. The molecule has 0 saturated heterocycles. The van der Waals surface area contributed by atoms with E-state index >= 15 is 0 Å². The zero-order valence-corrected chi connectivity index (χ0v) is 25.3. The van der Waals surface area contributed by atoms with Gasteiger partial charge in [-0.15, -0.1) is 0 Å². The molecule has 46 heavy (non-hydrogen) atoms. The predicted molar refractivity (Wildman–Crippen MR) is 195 cm³/mol. The minimum absolute atomic E-state index is 1.05. The third-order valence-electron chi connectivity index (χ3n) is 8.53. The number of nitrogens with zero attached hydrogens (tertiary/aromatic N) is 2. The van der Waals surface area contributed by atoms with E-state index in [9.17, 15) is 0 Å². The Labute approximate surface area is 270 Å². The molecule has 0 aromatic heterocycles. The number of rotatable bonds is 7. The molecule has 8 aromatic rings. The van der Waals surface area contributed by atoms with Crippen LogP contribution in [0.15, 0.2) is 188 Å². The summed E-state index contributed by atoms with van der Waals surface area (Å²) >= 11 is 0. The second-order valence-electron chi connectivity index (χ2n) is 11.3. The van der Waals surface area contributed by atoms with Crippen molar-refractivity contribution in [3.8, 4) is 11.1 Å². The van der Waals surface area contributed by atoms with Gasteiger partial charge in [0.15, 0.2) is 0 Å². The fraction of sp³-hybridized carbons (Fsp3) is 0. The van der Waals surface area contributed by atoms with Crippen molar-refractivity contribution in [2.24, 2.45) is 0 Å². The molecule has 0 heterocycles. The largest absolute Gasteiger partial charge is 0.310 e. The smallest absolute Gasteiger partial charge is 0.0540 e. The van der Waals surface area contributed by atoms with E-state index in [1.54, 1.807) is 0 Å². The summed E-state index contributed by atoms with van der Waals surface area (Å²) < 4.78 is 0. The van der Waals surface area contributed by atoms with Gasteiger partial charge in [-0.25, -0.2) is 0 Å². The molecule has 0 atom stereocenters. The van der Waals surface area contributed by atoms with Crippen LogP contribution < -0.4 is 9.80 Å². The van der Waals surface area contributed by atoms with Gasteiger partial charge in [-0.1, -0.05) is 127 Å². The van der Waals surface area contributed by atoms with Crippen molar-refractivity contribution in [1.29, 1.82) is 0 Å². The lowest BCUT2D eigenvalue weighted by molar-refractivity contribution is 1.29. The molecule has 0 unspecified atom stereocenters. The van der Waals surface area contributed by atoms with Crippen LogP contribution in [0, 0.1) is 6.07 Å². The average molecular weight is 588 g/mol. The fourth-order valence-electron chi connectivity index (χ4n) is 6.34. The number of benzene rings is 8. The zero-order chi connectivity index (χ0) is 30.7. The van der Waals surface area contributed by atoms with Gasteiger partial charge in [-0.3, -0.25) is 0 Å². The summed E-state index contributed by atoms with van der Waals surface area (Å²) in [5.74, 6) is 0. The lowest BCUT2D eigenvalue weighted by Gasteiger charge is -2.27. The summed E-state index contributed by atoms with van der Waals surface area (Å²) in [5.41, 5.74) is 8.88. The molecule has 2 nitrogen and oxygen atoms in total. The van der Waals surface area contributed by atoms with Crippen molar-refractivity contribution in [3.63, 3.8) is 0 Å². The van der Waals surface area contributed by atoms with E-state index in [2.05, 4.69) is 204 Å². The van der Waals surface area contributed by atoms with Crippen molar-refractivity contribution in [2.45, 2.75) is 0 Å². The molecule has 0 N–H and O–H groups in total. The number of para-hydroxylation sites is 2. The van der Waals surface area contributed by atoms with Crippen molar-refractivity contribution in [1.82, 2.24) is 0 Å². The SMILES string of the molecule is [c]1cc(N(c2ccccc2)c2cccc3ccccc23)ccc1-c1ccc(N(c2ccccc2)c2cccc3ccccc23)cc1. The highest BCUT2D eigenvalue weighted by Crippen LogP contribution is 2.41. The van der Waals surface area contributed by atoms with Crippen LogP contribution in [-0.2, 0) is 0 Å². The van der Waals surface area contributed by atoms with E-state index in [1.807, 2.05) is 0 Å². The molecule has 8 aromatic carbocycles. The topological polar surface area (TPSA) is 6.48 Å². The monoisotopic (exact) mass is 587 g/mol. The zero-order valence-electron chi connectivity index (χ0n) is 25.3. The molecule has 0 saturated carbocycles. The van der Waals surface area contributed by atoms with Gasteiger partial charge in [0.05, 0.1) is 11.4 Å². The maximum Gasteiger partial charge on any atom is 0.0540 e. The van der Waals surface area contributed by atoms with Crippen LogP contribution in [0.1, 0.15) is 0 Å². The lowest BCUT2D eigenvalue weighted by Crippen LogP contribution is -2.10. The molecule has 0 spiro atoms. The molecule has 0 aliphatic carbocycles. The Hall–Kier alpha value is -6.12. The summed E-state index contributed by atoms with van der Waals surface area (Å²) in [5, 5.41) is 4.87. The van der Waals surface area contributed by atoms with E-state index in [4.69, 9.17) is 0 Å². The Balaban J connectivity index is 1.16. The van der Waals surface area contributed by atoms with Crippen LogP contribution in [0.2, 0.25) is 0 Å². The van der Waals surface area contributed by atoms with Crippen LogP contribution in [-0.4, -0.2) is 0 Å². The summed E-state index contributed by atoms with van der Waals surface area (Å²) in [4.78, 5) is 4.65. The maximum atomic E-state index is 3.60. The first-order valence-corrected chi connectivity index (χ1v) is 15.6. The van der Waals surface area contributed by atoms with Crippen molar-refractivity contribution < 1.29 is 0 Å². The molecule has 8 rings (SSSR count). The normalized spacial score (nSPS) is 11.0. The lowest BCUT2D eigenvalue weighted by atomic mass is 10.0. The summed E-state index contributed by atoms with van der Waals surface area (Å²) in [6.07, 6.45) is 0. The van der Waals surface area contributed by atoms with E-state index in [0.717, 1.165) is 45.3 Å². The van der Waals surface area contributed by atoms with Crippen molar-refractivity contribution in [3.05, 3.63) is 194 Å². The fourth-order valence-corrected chi connectivity index (χ4v) is 6.34. The molecule has 0 fully saturated rings. The molecule has 1 radical (unpaired) electrons. The minimum Gasteiger partial charge on any atom is -0.310 e. The Morgan fingerprint density at radius 1 is 0.326 bits per heavy atom. The summed E-state index contributed by atoms with van der Waals surface area (Å²) in [7, 11) is 0. The first-order valence-electron chi connectivity index (χ1n) is 15.6. The van der Waals surface area contributed by atoms with Crippen LogP contribution in [0.5, 0.6) is 0 Å². The predicted octanol–water partition coefficient (Wildman–Crippen LogP) is 12.4. The van der Waals surface area contributed by atoms with Gasteiger partial charge in [0.1, 0.15) is 0 Å². The highest BCUT2D eigenvalue weighted by Gasteiger charge is 2.17. The van der Waals surface area contributed by atoms with Crippen LogP contribution in [0.3, 0.4) is 0 Å². The summed E-state index contributed by atoms with van der Waals surface area (Å²) in [6.45, 7) is 0. The molecule has 217 valence electrons. The molecule has 0 amide bonds. The molecule has 0 bridgehead atoms. The van der Waals surface area contributed by atoms with Crippen LogP contribution >= 0.6 is 0 Å². The second-order valence-corrected chi connectivity index (χ2v) is 11.3. The number of hydrogen-bond acceptors (Lipinski definition) is 2. The Bertz CT molecular complexity index is 2070. The molecule has 0 aliphatic rings. The number of anilines is 6. The number of hydrogen-bond donors (Lipinski definition) is 0. The third kappa shape index (κ3) is 5.16. The van der Waals surface area contributed by atoms with E-state index in [0.29, 0.717) is 0 Å². The molecular formula is C44H31N2. The highest BCUT2D eigenvalue weighted by molar-refractivity contribution is 6.00. The van der Waals surface area contributed by atoms with Crippen molar-refractivity contribution >= 4 is 55.7 Å². The first-order chi connectivity index (χ1) is 22.8. The van der Waals surface area contributed by atoms with Crippen LogP contribution in [0.25, 0.3) is 32.7 Å². The van der Waals surface area contributed by atoms with E-state index < -0.39 is 0 Å². The van der Waals surface area contributed by atoms with Gasteiger partial charge in [-0.2, -0.15) is 0 Å². The van der Waals surface area contributed by atoms with Gasteiger partial charge in [0.2, 0.25) is 0 Å². The Morgan fingerprint density at radius 2 is 0.761 bits per heavy atom. The summed E-state index contributed by atoms with van der Waals surface area (Å²) in [6, 6.07) is 70.1. The average Bonchev–Trinajstić information content (AvgIpc) is 3.14. The molecule has 0 aliphatic heterocycles. The quantitative estimate of drug-likeness (QED) is 0.183. The number of fused-ring (bicyclic) bond motifs is 2. The highest BCUT2D eigenvalue weighted by atomic mass is 15.1. The van der Waals surface area contributed by atoms with Gasteiger partial charge in [0.25, 0.3) is 0 Å². The van der Waals surface area contributed by atoms with Gasteiger partial charge >= 0.3 is 0 Å². The standard InChI is InChI=1S/C44H31N2/c1-3-17-37(18-4-1)45(43-23-11-15-35-13-7-9-21-41(35)43)39-29-25-33(26-30-39)34-27-31-40(32-28-34)46(38-19-5-2-6-20-38)44-24-12-16-36-14-8-10-22-42(36)44/h1-27,29-32H. The Morgan fingerprint density at radius 3 is 1.28 bits per heavy atom. The van der Waals surface area contributed by atoms with Gasteiger partial charge in [0, 0.05) is 33.5 Å². The maximum absolute atomic E-state index is 3.60. The van der Waals surface area contributed by atoms with Gasteiger partial charge in [-0.05, 0) is 88.6 Å². The van der Waals surface area contributed by atoms with E-state index in [1.165, 1.54) is 21.5 Å². The van der Waals surface area contributed by atoms with E-state index in [-0.39, 0.29) is 0 Å². The van der Waals surface area contributed by atoms with Gasteiger partial charge < -0.3 is 9.80 Å².